The van der Waals surface area contributed by atoms with Crippen LogP contribution in [0, 0.1) is 11.6 Å². The maximum Gasteiger partial charge on any atom is 0.257 e. The van der Waals surface area contributed by atoms with E-state index in [1.54, 1.807) is 0 Å². The Hall–Kier alpha value is -2.78. The average molecular weight is 324 g/mol. The number of hydrogen-bond donors (Lipinski definition) is 2. The topological polar surface area (TPSA) is 93.4 Å². The first-order valence-electron chi connectivity index (χ1n) is 6.57. The van der Waals surface area contributed by atoms with Gasteiger partial charge in [-0.05, 0) is 6.07 Å². The van der Waals surface area contributed by atoms with Gasteiger partial charge < -0.3 is 5.73 Å². The van der Waals surface area contributed by atoms with Crippen LogP contribution < -0.4 is 5.73 Å². The van der Waals surface area contributed by atoms with Crippen molar-refractivity contribution in [2.24, 2.45) is 0 Å². The molecule has 10 heteroatoms. The van der Waals surface area contributed by atoms with Crippen LogP contribution in [0.15, 0.2) is 12.3 Å². The van der Waals surface area contributed by atoms with Crippen LogP contribution in [0.1, 0.15) is 18.0 Å². The molecule has 3 N–H and O–H groups in total. The number of aromatic nitrogens is 5. The quantitative estimate of drug-likeness (QED) is 0.706. The number of rotatable bonds is 2. The minimum Gasteiger partial charge on any atom is -0.381 e. The third kappa shape index (κ3) is 2.09. The van der Waals surface area contributed by atoms with Gasteiger partial charge in [0.05, 0.1) is 23.2 Å². The second-order valence-corrected chi connectivity index (χ2v) is 5.27. The molecule has 3 aromatic heterocycles. The Morgan fingerprint density at radius 3 is 2.70 bits per heavy atom. The fourth-order valence-electron chi connectivity index (χ4n) is 2.38. The van der Waals surface area contributed by atoms with Crippen LogP contribution in [-0.4, -0.2) is 31.1 Å². The van der Waals surface area contributed by atoms with Crippen LogP contribution in [0.2, 0.25) is 0 Å². The van der Waals surface area contributed by atoms with E-state index in [0.717, 1.165) is 12.3 Å². The summed E-state index contributed by atoms with van der Waals surface area (Å²) in [5, 5.41) is 6.62. The van der Waals surface area contributed by atoms with Crippen LogP contribution >= 0.6 is 0 Å². The van der Waals surface area contributed by atoms with Crippen LogP contribution in [0.3, 0.4) is 0 Å². The molecule has 6 nitrogen and oxygen atoms in total. The Morgan fingerprint density at radius 1 is 1.26 bits per heavy atom. The first-order chi connectivity index (χ1) is 10.9. The van der Waals surface area contributed by atoms with E-state index in [9.17, 15) is 17.6 Å². The number of anilines is 1. The van der Waals surface area contributed by atoms with E-state index in [-0.39, 0.29) is 22.6 Å². The van der Waals surface area contributed by atoms with E-state index < -0.39 is 41.4 Å². The van der Waals surface area contributed by atoms with Crippen molar-refractivity contribution >= 4 is 16.9 Å². The molecule has 23 heavy (non-hydrogen) atoms. The fraction of sp³-hybridized carbons (Fsp3) is 0.231. The predicted octanol–water partition coefficient (Wildman–Crippen LogP) is 2.40. The summed E-state index contributed by atoms with van der Waals surface area (Å²) in [6.45, 7) is 0. The molecule has 3 heterocycles. The normalized spacial score (nSPS) is 19.2. The van der Waals surface area contributed by atoms with Gasteiger partial charge >= 0.3 is 0 Å². The molecule has 118 valence electrons. The molecule has 3 aromatic rings. The lowest BCUT2D eigenvalue weighted by Crippen LogP contribution is -2.07. The number of fused-ring (bicyclic) bond motifs is 1. The number of pyridine rings is 1. The number of nitrogens with one attached hydrogen (secondary N) is 1. The first-order valence-corrected chi connectivity index (χ1v) is 6.57. The molecule has 1 atom stereocenters. The van der Waals surface area contributed by atoms with Crippen molar-refractivity contribution in [1.82, 2.24) is 25.1 Å². The van der Waals surface area contributed by atoms with E-state index in [1.807, 2.05) is 0 Å². The SMILES string of the molecule is Nc1nc(-c2[nH]nc3ncc(F)cc23)nc(C2CC2(F)F)c1F. The summed E-state index contributed by atoms with van der Waals surface area (Å²) in [5.74, 6) is -6.73. The third-order valence-corrected chi connectivity index (χ3v) is 3.66. The van der Waals surface area contributed by atoms with E-state index in [4.69, 9.17) is 5.73 Å². The molecule has 0 amide bonds. The van der Waals surface area contributed by atoms with Gasteiger partial charge in [0.25, 0.3) is 5.92 Å². The van der Waals surface area contributed by atoms with Gasteiger partial charge in [0.1, 0.15) is 11.5 Å². The summed E-state index contributed by atoms with van der Waals surface area (Å²) in [6.07, 6.45) is 0.475. The standard InChI is InChI=1S/C13H8F4N6/c14-4-1-5-8(22-23-11(5)19-3-4)12-20-9(6-2-13(6,16)17)7(15)10(18)21-12/h1,3,6H,2H2,(H2,18,20,21)(H,19,22,23). The molecular formula is C13H8F4N6. The van der Waals surface area contributed by atoms with E-state index in [2.05, 4.69) is 25.1 Å². The molecule has 0 radical (unpaired) electrons. The highest BCUT2D eigenvalue weighted by atomic mass is 19.3. The Kier molecular flexibility index (Phi) is 2.63. The summed E-state index contributed by atoms with van der Waals surface area (Å²) >= 11 is 0. The van der Waals surface area contributed by atoms with Crippen LogP contribution in [-0.2, 0) is 0 Å². The van der Waals surface area contributed by atoms with Crippen molar-refractivity contribution in [1.29, 1.82) is 0 Å². The summed E-state index contributed by atoms with van der Waals surface area (Å²) in [7, 11) is 0. The molecule has 0 aliphatic heterocycles. The monoisotopic (exact) mass is 324 g/mol. The zero-order valence-corrected chi connectivity index (χ0v) is 11.3. The number of alkyl halides is 2. The van der Waals surface area contributed by atoms with Crippen LogP contribution in [0.4, 0.5) is 23.4 Å². The second-order valence-electron chi connectivity index (χ2n) is 5.27. The Balaban J connectivity index is 1.90. The van der Waals surface area contributed by atoms with Gasteiger partial charge in [0.2, 0.25) is 0 Å². The number of aromatic amines is 1. The van der Waals surface area contributed by atoms with Crippen molar-refractivity contribution in [2.45, 2.75) is 18.3 Å². The van der Waals surface area contributed by atoms with Crippen LogP contribution in [0.25, 0.3) is 22.6 Å². The lowest BCUT2D eigenvalue weighted by molar-refractivity contribution is 0.111. The highest BCUT2D eigenvalue weighted by molar-refractivity contribution is 5.88. The zero-order valence-electron chi connectivity index (χ0n) is 11.3. The van der Waals surface area contributed by atoms with Crippen molar-refractivity contribution in [3.05, 3.63) is 29.6 Å². The molecule has 0 saturated heterocycles. The van der Waals surface area contributed by atoms with Gasteiger partial charge in [-0.3, -0.25) is 5.10 Å². The molecule has 0 aromatic carbocycles. The molecule has 0 bridgehead atoms. The largest absolute Gasteiger partial charge is 0.381 e. The van der Waals surface area contributed by atoms with Gasteiger partial charge in [-0.1, -0.05) is 0 Å². The van der Waals surface area contributed by atoms with Gasteiger partial charge in [-0.25, -0.2) is 32.5 Å². The predicted molar refractivity (Wildman–Crippen MR) is 71.5 cm³/mol. The summed E-state index contributed by atoms with van der Waals surface area (Å²) in [5.41, 5.74) is 5.32. The highest BCUT2D eigenvalue weighted by Crippen LogP contribution is 2.56. The third-order valence-electron chi connectivity index (χ3n) is 3.66. The number of nitrogens with two attached hydrogens (primary N) is 1. The van der Waals surface area contributed by atoms with Crippen LogP contribution in [0.5, 0.6) is 0 Å². The minimum atomic E-state index is -3.01. The van der Waals surface area contributed by atoms with Crippen molar-refractivity contribution < 1.29 is 17.6 Å². The van der Waals surface area contributed by atoms with Crippen molar-refractivity contribution in [3.8, 4) is 11.5 Å². The zero-order chi connectivity index (χ0) is 16.4. The van der Waals surface area contributed by atoms with Crippen molar-refractivity contribution in [2.75, 3.05) is 5.73 Å². The maximum absolute atomic E-state index is 14.0. The molecule has 4 rings (SSSR count). The molecule has 1 saturated carbocycles. The Bertz CT molecular complexity index is 938. The summed E-state index contributed by atoms with van der Waals surface area (Å²) in [4.78, 5) is 11.3. The number of nitrogen functional groups attached to an aromatic ring is 1. The fourth-order valence-corrected chi connectivity index (χ4v) is 2.38. The molecule has 1 aliphatic rings. The second kappa shape index (κ2) is 4.37. The molecular weight excluding hydrogens is 316 g/mol. The lowest BCUT2D eigenvalue weighted by Gasteiger charge is -2.06. The van der Waals surface area contributed by atoms with Crippen molar-refractivity contribution in [3.63, 3.8) is 0 Å². The van der Waals surface area contributed by atoms with Gasteiger partial charge in [0.15, 0.2) is 23.1 Å². The maximum atomic E-state index is 14.0. The highest BCUT2D eigenvalue weighted by Gasteiger charge is 2.60. The summed E-state index contributed by atoms with van der Waals surface area (Å²) < 4.78 is 53.7. The Labute approximate surface area is 125 Å². The van der Waals surface area contributed by atoms with E-state index in [1.165, 1.54) is 0 Å². The summed E-state index contributed by atoms with van der Waals surface area (Å²) in [6, 6.07) is 1.13. The molecule has 1 fully saturated rings. The minimum absolute atomic E-state index is 0.129. The van der Waals surface area contributed by atoms with Gasteiger partial charge in [-0.15, -0.1) is 0 Å². The number of nitrogens with zero attached hydrogens (tertiary/aromatic N) is 4. The molecule has 1 aliphatic carbocycles. The number of H-pyrrole nitrogens is 1. The van der Waals surface area contributed by atoms with E-state index >= 15 is 0 Å². The average Bonchev–Trinajstić information content (AvgIpc) is 2.93. The van der Waals surface area contributed by atoms with Gasteiger partial charge in [-0.2, -0.15) is 5.10 Å². The Morgan fingerprint density at radius 2 is 2.00 bits per heavy atom. The lowest BCUT2D eigenvalue weighted by atomic mass is 10.2. The van der Waals surface area contributed by atoms with Gasteiger partial charge in [0, 0.05) is 6.42 Å². The smallest absolute Gasteiger partial charge is 0.257 e. The molecule has 1 unspecified atom stereocenters. The van der Waals surface area contributed by atoms with E-state index in [0.29, 0.717) is 0 Å². The molecule has 0 spiro atoms. The number of halogens is 4. The first kappa shape index (κ1) is 13.9. The number of hydrogen-bond acceptors (Lipinski definition) is 5.